The highest BCUT2D eigenvalue weighted by Gasteiger charge is 2.11. The normalized spacial score (nSPS) is 10.8. The molecule has 0 unspecified atom stereocenters. The maximum Gasteiger partial charge on any atom is 0.220 e. The number of nitrogens with zero attached hydrogens (tertiary/aromatic N) is 4. The molecule has 0 bridgehead atoms. The van der Waals surface area contributed by atoms with Gasteiger partial charge in [-0.2, -0.15) is 0 Å². The summed E-state index contributed by atoms with van der Waals surface area (Å²) >= 11 is 0. The molecule has 6 heteroatoms. The van der Waals surface area contributed by atoms with Gasteiger partial charge in [-0.1, -0.05) is 30.3 Å². The minimum Gasteiger partial charge on any atom is -0.485 e. The molecule has 0 radical (unpaired) electrons. The van der Waals surface area contributed by atoms with E-state index in [0.717, 1.165) is 28.3 Å². The van der Waals surface area contributed by atoms with Crippen LogP contribution in [0.5, 0.6) is 5.75 Å². The molecule has 4 aromatic rings. The van der Waals surface area contributed by atoms with E-state index in [1.54, 1.807) is 18.5 Å². The fraction of sp³-hybridized carbons (Fsp3) is 0.0556. The zero-order valence-electron chi connectivity index (χ0n) is 12.8. The van der Waals surface area contributed by atoms with Gasteiger partial charge in [-0.05, 0) is 23.8 Å². The molecule has 0 saturated heterocycles. The number of rotatable bonds is 4. The standard InChI is InChI=1S/C18H15N5O/c19-18-20-9-8-14(22-18)15-11-21-17-16(7-4-10-23(15)17)24-12-13-5-2-1-3-6-13/h1-11H,12H2,(H2,19,20,22). The van der Waals surface area contributed by atoms with Crippen LogP contribution in [0.4, 0.5) is 5.95 Å². The average molecular weight is 317 g/mol. The molecular formula is C18H15N5O. The van der Waals surface area contributed by atoms with E-state index in [-0.39, 0.29) is 5.95 Å². The molecule has 4 rings (SSSR count). The molecule has 0 aliphatic rings. The van der Waals surface area contributed by atoms with Gasteiger partial charge in [-0.3, -0.25) is 4.40 Å². The first-order valence-corrected chi connectivity index (χ1v) is 7.53. The van der Waals surface area contributed by atoms with Crippen LogP contribution in [0.1, 0.15) is 5.56 Å². The van der Waals surface area contributed by atoms with E-state index in [4.69, 9.17) is 10.5 Å². The predicted molar refractivity (Wildman–Crippen MR) is 91.4 cm³/mol. The Hall–Kier alpha value is -3.41. The van der Waals surface area contributed by atoms with Crippen molar-refractivity contribution in [2.75, 3.05) is 5.73 Å². The quantitative estimate of drug-likeness (QED) is 0.626. The molecule has 0 fully saturated rings. The number of anilines is 1. The zero-order valence-corrected chi connectivity index (χ0v) is 12.8. The molecule has 0 aliphatic heterocycles. The number of nitrogen functional groups attached to an aromatic ring is 1. The second-order valence-corrected chi connectivity index (χ2v) is 5.28. The predicted octanol–water partition coefficient (Wildman–Crippen LogP) is 2.95. The molecule has 0 spiro atoms. The minimum absolute atomic E-state index is 0.235. The zero-order chi connectivity index (χ0) is 16.4. The number of nitrogens with two attached hydrogens (primary N) is 1. The summed E-state index contributed by atoms with van der Waals surface area (Å²) in [6, 6.07) is 15.7. The van der Waals surface area contributed by atoms with Gasteiger partial charge in [0.2, 0.25) is 5.95 Å². The monoisotopic (exact) mass is 317 g/mol. The summed E-state index contributed by atoms with van der Waals surface area (Å²) < 4.78 is 7.87. The molecule has 1 aromatic carbocycles. The molecular weight excluding hydrogens is 302 g/mol. The van der Waals surface area contributed by atoms with Crippen molar-refractivity contribution in [3.05, 3.63) is 72.7 Å². The molecule has 24 heavy (non-hydrogen) atoms. The summed E-state index contributed by atoms with van der Waals surface area (Å²) in [7, 11) is 0. The third kappa shape index (κ3) is 2.65. The Morgan fingerprint density at radius 1 is 1.00 bits per heavy atom. The number of hydrogen-bond acceptors (Lipinski definition) is 5. The summed E-state index contributed by atoms with van der Waals surface area (Å²) in [6.07, 6.45) is 5.31. The summed E-state index contributed by atoms with van der Waals surface area (Å²) in [6.45, 7) is 0.489. The van der Waals surface area contributed by atoms with Gasteiger partial charge >= 0.3 is 0 Å². The number of ether oxygens (including phenoxy) is 1. The third-order valence-corrected chi connectivity index (χ3v) is 3.67. The van der Waals surface area contributed by atoms with Gasteiger partial charge in [0, 0.05) is 12.4 Å². The van der Waals surface area contributed by atoms with E-state index >= 15 is 0 Å². The van der Waals surface area contributed by atoms with E-state index < -0.39 is 0 Å². The lowest BCUT2D eigenvalue weighted by atomic mass is 10.2. The maximum atomic E-state index is 5.94. The van der Waals surface area contributed by atoms with Crippen molar-refractivity contribution in [3.63, 3.8) is 0 Å². The molecule has 6 nitrogen and oxygen atoms in total. The van der Waals surface area contributed by atoms with Crippen molar-refractivity contribution in [1.29, 1.82) is 0 Å². The Morgan fingerprint density at radius 3 is 2.71 bits per heavy atom. The van der Waals surface area contributed by atoms with Crippen LogP contribution in [0.2, 0.25) is 0 Å². The molecule has 0 atom stereocenters. The van der Waals surface area contributed by atoms with Crippen LogP contribution in [-0.2, 0) is 6.61 Å². The highest BCUT2D eigenvalue weighted by Crippen LogP contribution is 2.25. The average Bonchev–Trinajstić information content (AvgIpc) is 3.05. The van der Waals surface area contributed by atoms with Crippen LogP contribution in [0, 0.1) is 0 Å². The number of imidazole rings is 1. The van der Waals surface area contributed by atoms with E-state index in [0.29, 0.717) is 6.61 Å². The van der Waals surface area contributed by atoms with E-state index in [1.165, 1.54) is 0 Å². The highest BCUT2D eigenvalue weighted by molar-refractivity contribution is 5.64. The molecule has 2 N–H and O–H groups in total. The van der Waals surface area contributed by atoms with E-state index in [1.807, 2.05) is 53.1 Å². The number of benzene rings is 1. The Kier molecular flexibility index (Phi) is 3.55. The summed E-state index contributed by atoms with van der Waals surface area (Å²) in [5, 5.41) is 0. The lowest BCUT2D eigenvalue weighted by Crippen LogP contribution is -1.99. The number of pyridine rings is 1. The fourth-order valence-electron chi connectivity index (χ4n) is 2.54. The van der Waals surface area contributed by atoms with Gasteiger partial charge < -0.3 is 10.5 Å². The highest BCUT2D eigenvalue weighted by atomic mass is 16.5. The van der Waals surface area contributed by atoms with Crippen LogP contribution in [0.3, 0.4) is 0 Å². The lowest BCUT2D eigenvalue weighted by Gasteiger charge is -2.08. The van der Waals surface area contributed by atoms with Crippen molar-refractivity contribution in [2.24, 2.45) is 0 Å². The van der Waals surface area contributed by atoms with Crippen LogP contribution < -0.4 is 10.5 Å². The molecule has 3 aromatic heterocycles. The largest absolute Gasteiger partial charge is 0.485 e. The molecule has 0 amide bonds. The Bertz CT molecular complexity index is 981. The van der Waals surface area contributed by atoms with Gasteiger partial charge in [0.15, 0.2) is 11.4 Å². The van der Waals surface area contributed by atoms with E-state index in [9.17, 15) is 0 Å². The Labute approximate surface area is 138 Å². The first-order chi connectivity index (χ1) is 11.8. The van der Waals surface area contributed by atoms with Gasteiger partial charge in [-0.15, -0.1) is 0 Å². The summed E-state index contributed by atoms with van der Waals surface area (Å²) in [5.74, 6) is 0.952. The van der Waals surface area contributed by atoms with Crippen molar-refractivity contribution in [1.82, 2.24) is 19.4 Å². The smallest absolute Gasteiger partial charge is 0.220 e. The summed E-state index contributed by atoms with van der Waals surface area (Å²) in [4.78, 5) is 12.7. The van der Waals surface area contributed by atoms with Crippen LogP contribution >= 0.6 is 0 Å². The maximum absolute atomic E-state index is 5.94. The third-order valence-electron chi connectivity index (χ3n) is 3.67. The van der Waals surface area contributed by atoms with Gasteiger partial charge in [-0.25, -0.2) is 15.0 Å². The molecule has 0 aliphatic carbocycles. The van der Waals surface area contributed by atoms with Crippen LogP contribution in [-0.4, -0.2) is 19.4 Å². The molecule has 3 heterocycles. The van der Waals surface area contributed by atoms with Gasteiger partial charge in [0.25, 0.3) is 0 Å². The molecule has 118 valence electrons. The number of hydrogen-bond donors (Lipinski definition) is 1. The Morgan fingerprint density at radius 2 is 1.88 bits per heavy atom. The van der Waals surface area contributed by atoms with Crippen LogP contribution in [0.15, 0.2) is 67.1 Å². The van der Waals surface area contributed by atoms with Crippen molar-refractivity contribution in [3.8, 4) is 17.1 Å². The first-order valence-electron chi connectivity index (χ1n) is 7.53. The van der Waals surface area contributed by atoms with Crippen LogP contribution in [0.25, 0.3) is 17.0 Å². The SMILES string of the molecule is Nc1nccc(-c2cnc3c(OCc4ccccc4)cccn23)n1. The molecule has 0 saturated carbocycles. The number of fused-ring (bicyclic) bond motifs is 1. The number of aromatic nitrogens is 4. The Balaban J connectivity index is 1.69. The first kappa shape index (κ1) is 14.2. The fourth-order valence-corrected chi connectivity index (χ4v) is 2.54. The van der Waals surface area contributed by atoms with Crippen molar-refractivity contribution < 1.29 is 4.74 Å². The van der Waals surface area contributed by atoms with Gasteiger partial charge in [0.1, 0.15) is 6.61 Å². The minimum atomic E-state index is 0.235. The van der Waals surface area contributed by atoms with E-state index in [2.05, 4.69) is 15.0 Å². The van der Waals surface area contributed by atoms with Crippen molar-refractivity contribution in [2.45, 2.75) is 6.61 Å². The van der Waals surface area contributed by atoms with Gasteiger partial charge in [0.05, 0.1) is 17.6 Å². The lowest BCUT2D eigenvalue weighted by molar-refractivity contribution is 0.308. The summed E-state index contributed by atoms with van der Waals surface area (Å²) in [5.41, 5.74) is 9.07. The second kappa shape index (κ2) is 6.00. The second-order valence-electron chi connectivity index (χ2n) is 5.28. The van der Waals surface area contributed by atoms with Crippen molar-refractivity contribution >= 4 is 11.6 Å². The topological polar surface area (TPSA) is 78.3 Å².